The Morgan fingerprint density at radius 2 is 2.03 bits per heavy atom. The second kappa shape index (κ2) is 6.69. The number of fused-ring (bicyclic) bond motifs is 2. The van der Waals surface area contributed by atoms with Crippen LogP contribution in [0.2, 0.25) is 0 Å². The van der Waals surface area contributed by atoms with Gasteiger partial charge in [0.25, 0.3) is 0 Å². The average Bonchev–Trinajstić information content (AvgIpc) is 3.51. The topological polar surface area (TPSA) is 90.6 Å². The molecule has 7 nitrogen and oxygen atoms in total. The number of nitrogens with two attached hydrogens (primary N) is 1. The van der Waals surface area contributed by atoms with E-state index in [2.05, 4.69) is 10.2 Å². The van der Waals surface area contributed by atoms with Gasteiger partial charge in [0.2, 0.25) is 5.88 Å². The maximum absolute atomic E-state index is 14.4. The molecule has 0 atom stereocenters. The van der Waals surface area contributed by atoms with E-state index in [-0.39, 0.29) is 12.2 Å². The van der Waals surface area contributed by atoms with Crippen molar-refractivity contribution in [3.05, 3.63) is 71.2 Å². The number of amides is 1. The number of benzene rings is 2. The summed E-state index contributed by atoms with van der Waals surface area (Å²) in [5, 5.41) is 7.95. The molecule has 2 aliphatic rings. The lowest BCUT2D eigenvalue weighted by atomic mass is 9.99. The lowest BCUT2D eigenvalue weighted by molar-refractivity contribution is 0.102. The zero-order chi connectivity index (χ0) is 20.9. The molecule has 0 radical (unpaired) electrons. The highest BCUT2D eigenvalue weighted by Gasteiger charge is 2.56. The zero-order valence-electron chi connectivity index (χ0n) is 16.3. The maximum Gasteiger partial charge on any atom is 0.416 e. The summed E-state index contributed by atoms with van der Waals surface area (Å²) in [5.41, 5.74) is 7.27. The molecule has 1 spiro atoms. The minimum atomic E-state index is -0.519. The van der Waals surface area contributed by atoms with Gasteiger partial charge in [0.1, 0.15) is 11.5 Å². The number of rotatable bonds is 4. The number of ether oxygens (including phenoxy) is 2. The molecule has 5 rings (SSSR count). The Labute approximate surface area is 172 Å². The first-order valence-corrected chi connectivity index (χ1v) is 9.61. The van der Waals surface area contributed by atoms with E-state index in [1.54, 1.807) is 41.3 Å². The third-order valence-corrected chi connectivity index (χ3v) is 5.55. The number of aryl methyl sites for hydroxylation is 1. The van der Waals surface area contributed by atoms with Crippen LogP contribution < -0.4 is 15.2 Å². The standard InChI is InChI=1S/C22H19FN4O3/c1-13-5-8-19(26-25-13)29-15-6-7-16-18(11-15)30-21(28)27(22(16)9-10-22)12-14-3-2-4-17(24)20(14)23/h2-8,11H,9-10,12,24H2,1H3. The third kappa shape index (κ3) is 3.01. The van der Waals surface area contributed by atoms with E-state index in [4.69, 9.17) is 15.2 Å². The number of nitrogen functional groups attached to an aromatic ring is 1. The highest BCUT2D eigenvalue weighted by Crippen LogP contribution is 2.57. The number of anilines is 1. The molecule has 2 aromatic carbocycles. The molecule has 0 unspecified atom stereocenters. The quantitative estimate of drug-likeness (QED) is 0.650. The van der Waals surface area contributed by atoms with Crippen molar-refractivity contribution >= 4 is 11.8 Å². The van der Waals surface area contributed by atoms with E-state index in [9.17, 15) is 9.18 Å². The number of hydrogen-bond acceptors (Lipinski definition) is 6. The van der Waals surface area contributed by atoms with Crippen LogP contribution >= 0.6 is 0 Å². The molecule has 1 aliphatic carbocycles. The van der Waals surface area contributed by atoms with E-state index in [0.29, 0.717) is 22.9 Å². The molecule has 3 aromatic rings. The molecule has 8 heteroatoms. The summed E-state index contributed by atoms with van der Waals surface area (Å²) < 4.78 is 25.7. The number of aromatic nitrogens is 2. The molecule has 1 fully saturated rings. The van der Waals surface area contributed by atoms with Gasteiger partial charge in [-0.25, -0.2) is 9.18 Å². The van der Waals surface area contributed by atoms with Gasteiger partial charge in [-0.05, 0) is 44.0 Å². The Balaban J connectivity index is 1.44. The molecule has 1 aromatic heterocycles. The largest absolute Gasteiger partial charge is 0.437 e. The van der Waals surface area contributed by atoms with Gasteiger partial charge < -0.3 is 15.2 Å². The van der Waals surface area contributed by atoms with Crippen molar-refractivity contribution in [3.63, 3.8) is 0 Å². The molecule has 1 amide bonds. The Kier molecular flexibility index (Phi) is 4.09. The average molecular weight is 406 g/mol. The van der Waals surface area contributed by atoms with Crippen molar-refractivity contribution in [2.24, 2.45) is 0 Å². The van der Waals surface area contributed by atoms with E-state index < -0.39 is 17.4 Å². The summed E-state index contributed by atoms with van der Waals surface area (Å²) in [6, 6.07) is 13.7. The van der Waals surface area contributed by atoms with Crippen LogP contribution in [0.5, 0.6) is 17.4 Å². The summed E-state index contributed by atoms with van der Waals surface area (Å²) in [5.74, 6) is 0.780. The lowest BCUT2D eigenvalue weighted by Gasteiger charge is -2.37. The molecule has 30 heavy (non-hydrogen) atoms. The fraction of sp³-hybridized carbons (Fsp3) is 0.227. The molecule has 1 aliphatic heterocycles. The van der Waals surface area contributed by atoms with Gasteiger partial charge in [-0.3, -0.25) is 4.90 Å². The summed E-state index contributed by atoms with van der Waals surface area (Å²) >= 11 is 0. The number of hydrogen-bond donors (Lipinski definition) is 1. The van der Waals surface area contributed by atoms with Crippen LogP contribution in [-0.4, -0.2) is 21.2 Å². The number of carbonyl (C=O) groups is 1. The highest BCUT2D eigenvalue weighted by molar-refractivity contribution is 5.77. The molecular formula is C22H19FN4O3. The van der Waals surface area contributed by atoms with Crippen LogP contribution in [-0.2, 0) is 12.1 Å². The van der Waals surface area contributed by atoms with Crippen molar-refractivity contribution in [1.82, 2.24) is 15.1 Å². The Hall–Kier alpha value is -3.68. The van der Waals surface area contributed by atoms with Crippen molar-refractivity contribution in [1.29, 1.82) is 0 Å². The van der Waals surface area contributed by atoms with E-state index in [1.165, 1.54) is 6.07 Å². The van der Waals surface area contributed by atoms with Gasteiger partial charge in [0.15, 0.2) is 5.82 Å². The van der Waals surface area contributed by atoms with Gasteiger partial charge in [-0.1, -0.05) is 12.1 Å². The van der Waals surface area contributed by atoms with Gasteiger partial charge in [-0.15, -0.1) is 5.10 Å². The first kappa shape index (κ1) is 18.4. The second-order valence-corrected chi connectivity index (χ2v) is 7.58. The minimum Gasteiger partial charge on any atom is -0.437 e. The van der Waals surface area contributed by atoms with Gasteiger partial charge in [-0.2, -0.15) is 5.10 Å². The van der Waals surface area contributed by atoms with Crippen LogP contribution in [0.1, 0.15) is 29.7 Å². The van der Waals surface area contributed by atoms with Crippen molar-refractivity contribution in [3.8, 4) is 17.4 Å². The second-order valence-electron chi connectivity index (χ2n) is 7.58. The van der Waals surface area contributed by atoms with E-state index >= 15 is 0 Å². The van der Waals surface area contributed by atoms with Crippen LogP contribution in [0.4, 0.5) is 14.9 Å². The Bertz CT molecular complexity index is 1150. The van der Waals surface area contributed by atoms with Crippen LogP contribution in [0.3, 0.4) is 0 Å². The molecule has 152 valence electrons. The monoisotopic (exact) mass is 406 g/mol. The minimum absolute atomic E-state index is 0.0594. The third-order valence-electron chi connectivity index (χ3n) is 5.55. The van der Waals surface area contributed by atoms with Gasteiger partial charge >= 0.3 is 6.09 Å². The summed E-state index contributed by atoms with van der Waals surface area (Å²) in [6.07, 6.45) is 1.04. The predicted molar refractivity (Wildman–Crippen MR) is 107 cm³/mol. The molecule has 2 N–H and O–H groups in total. The van der Waals surface area contributed by atoms with E-state index in [0.717, 1.165) is 24.1 Å². The SMILES string of the molecule is Cc1ccc(Oc2ccc3c(c2)OC(=O)N(Cc2cccc(N)c2F)C32CC2)nn1. The van der Waals surface area contributed by atoms with Crippen molar-refractivity contribution < 1.29 is 18.7 Å². The molecule has 0 bridgehead atoms. The molecular weight excluding hydrogens is 387 g/mol. The predicted octanol–water partition coefficient (Wildman–Crippen LogP) is 4.30. The van der Waals surface area contributed by atoms with Crippen LogP contribution in [0.25, 0.3) is 0 Å². The summed E-state index contributed by atoms with van der Waals surface area (Å²) in [4.78, 5) is 14.4. The number of carbonyl (C=O) groups excluding carboxylic acids is 1. The van der Waals surface area contributed by atoms with Crippen molar-refractivity contribution in [2.75, 3.05) is 5.73 Å². The number of halogens is 1. The Morgan fingerprint density at radius 3 is 2.77 bits per heavy atom. The first-order valence-electron chi connectivity index (χ1n) is 9.61. The molecule has 1 saturated carbocycles. The highest BCUT2D eigenvalue weighted by atomic mass is 19.1. The first-order chi connectivity index (χ1) is 14.5. The number of nitrogens with zero attached hydrogens (tertiary/aromatic N) is 3. The lowest BCUT2D eigenvalue weighted by Crippen LogP contribution is -2.45. The maximum atomic E-state index is 14.4. The van der Waals surface area contributed by atoms with Crippen molar-refractivity contribution in [2.45, 2.75) is 31.8 Å². The van der Waals surface area contributed by atoms with Crippen LogP contribution in [0, 0.1) is 12.7 Å². The van der Waals surface area contributed by atoms with Gasteiger partial charge in [0.05, 0.1) is 23.5 Å². The molecule has 0 saturated heterocycles. The fourth-order valence-corrected chi connectivity index (χ4v) is 3.83. The summed E-state index contributed by atoms with van der Waals surface area (Å²) in [7, 11) is 0. The zero-order valence-corrected chi connectivity index (χ0v) is 16.3. The fourth-order valence-electron chi connectivity index (χ4n) is 3.83. The van der Waals surface area contributed by atoms with Gasteiger partial charge in [0, 0.05) is 23.3 Å². The van der Waals surface area contributed by atoms with Crippen LogP contribution in [0.15, 0.2) is 48.5 Å². The normalized spacial score (nSPS) is 16.2. The smallest absolute Gasteiger partial charge is 0.416 e. The Morgan fingerprint density at radius 1 is 1.20 bits per heavy atom. The summed E-state index contributed by atoms with van der Waals surface area (Å²) in [6.45, 7) is 1.93. The van der Waals surface area contributed by atoms with E-state index in [1.807, 2.05) is 13.0 Å². The molecule has 2 heterocycles.